The van der Waals surface area contributed by atoms with Gasteiger partial charge < -0.3 is 14.8 Å². The highest BCUT2D eigenvalue weighted by molar-refractivity contribution is 7.99. The van der Waals surface area contributed by atoms with Crippen LogP contribution in [0.4, 0.5) is 0 Å². The van der Waals surface area contributed by atoms with Crippen molar-refractivity contribution in [3.63, 3.8) is 0 Å². The van der Waals surface area contributed by atoms with Gasteiger partial charge in [-0.3, -0.25) is 9.36 Å². The standard InChI is InChI=1S/C23H32N4O3S/c1-5-12-27-21(14-30-19-11-10-16(2)13-20(19)29-4)25-26-23(27)31-15-22(28)24-18-9-7-6-8-17(18)3/h5,10-11,13,17-18H,1,6-9,12,14-15H2,2-4H3,(H,24,28)/t17-,18-/m0/s1. The van der Waals surface area contributed by atoms with Gasteiger partial charge in [0.2, 0.25) is 5.91 Å². The molecule has 1 fully saturated rings. The number of aryl methyl sites for hydroxylation is 1. The molecule has 1 heterocycles. The highest BCUT2D eigenvalue weighted by Gasteiger charge is 2.23. The summed E-state index contributed by atoms with van der Waals surface area (Å²) in [7, 11) is 1.62. The number of aromatic nitrogens is 3. The third-order valence-electron chi connectivity index (χ3n) is 5.57. The van der Waals surface area contributed by atoms with Gasteiger partial charge in [-0.2, -0.15) is 0 Å². The summed E-state index contributed by atoms with van der Waals surface area (Å²) in [6, 6.07) is 6.06. The number of nitrogens with zero attached hydrogens (tertiary/aromatic N) is 3. The van der Waals surface area contributed by atoms with Crippen molar-refractivity contribution in [1.82, 2.24) is 20.1 Å². The molecule has 31 heavy (non-hydrogen) atoms. The minimum atomic E-state index is 0.0408. The van der Waals surface area contributed by atoms with E-state index in [0.717, 1.165) is 12.0 Å². The Morgan fingerprint density at radius 3 is 2.87 bits per heavy atom. The van der Waals surface area contributed by atoms with E-state index in [-0.39, 0.29) is 18.6 Å². The van der Waals surface area contributed by atoms with Crippen molar-refractivity contribution < 1.29 is 14.3 Å². The molecule has 0 bridgehead atoms. The van der Waals surface area contributed by atoms with Gasteiger partial charge in [-0.25, -0.2) is 0 Å². The van der Waals surface area contributed by atoms with Crippen LogP contribution < -0.4 is 14.8 Å². The SMILES string of the molecule is C=CCn1c(COc2ccc(C)cc2OC)nnc1SCC(=O)N[C@H]1CCCC[C@@H]1C. The van der Waals surface area contributed by atoms with Gasteiger partial charge in [0, 0.05) is 12.6 Å². The summed E-state index contributed by atoms with van der Waals surface area (Å²) in [6.45, 7) is 8.83. The van der Waals surface area contributed by atoms with Crippen molar-refractivity contribution in [1.29, 1.82) is 0 Å². The van der Waals surface area contributed by atoms with Crippen LogP contribution >= 0.6 is 11.8 Å². The highest BCUT2D eigenvalue weighted by atomic mass is 32.2. The van der Waals surface area contributed by atoms with Crippen molar-refractivity contribution >= 4 is 17.7 Å². The molecule has 1 aromatic carbocycles. The number of amides is 1. The van der Waals surface area contributed by atoms with Gasteiger partial charge in [-0.05, 0) is 43.4 Å². The molecule has 0 radical (unpaired) electrons. The summed E-state index contributed by atoms with van der Waals surface area (Å²) in [5.74, 6) is 2.89. The number of nitrogens with one attached hydrogen (secondary N) is 1. The first kappa shape index (κ1) is 23.2. The fourth-order valence-electron chi connectivity index (χ4n) is 3.79. The fraction of sp³-hybridized carbons (Fsp3) is 0.522. The summed E-state index contributed by atoms with van der Waals surface area (Å²) >= 11 is 1.39. The molecule has 3 rings (SSSR count). The predicted molar refractivity (Wildman–Crippen MR) is 123 cm³/mol. The maximum absolute atomic E-state index is 12.5. The van der Waals surface area contributed by atoms with E-state index in [1.165, 1.54) is 31.0 Å². The number of methoxy groups -OCH3 is 1. The summed E-state index contributed by atoms with van der Waals surface area (Å²) in [6.07, 6.45) is 6.47. The van der Waals surface area contributed by atoms with Crippen molar-refractivity contribution in [2.24, 2.45) is 5.92 Å². The van der Waals surface area contributed by atoms with E-state index < -0.39 is 0 Å². The third kappa shape index (κ3) is 6.26. The molecule has 2 aromatic rings. The Balaban J connectivity index is 1.60. The van der Waals surface area contributed by atoms with Crippen LogP contribution in [0.5, 0.6) is 11.5 Å². The van der Waals surface area contributed by atoms with E-state index in [2.05, 4.69) is 29.0 Å². The normalized spacial score (nSPS) is 18.4. The monoisotopic (exact) mass is 444 g/mol. The summed E-state index contributed by atoms with van der Waals surface area (Å²) in [5, 5.41) is 12.4. The average molecular weight is 445 g/mol. The molecule has 0 unspecified atom stereocenters. The molecular weight excluding hydrogens is 412 g/mol. The molecule has 1 aliphatic rings. The molecule has 0 aliphatic heterocycles. The lowest BCUT2D eigenvalue weighted by Crippen LogP contribution is -2.41. The number of rotatable bonds is 10. The molecule has 0 saturated heterocycles. The highest BCUT2D eigenvalue weighted by Crippen LogP contribution is 2.29. The first-order valence-electron chi connectivity index (χ1n) is 10.7. The molecule has 1 N–H and O–H groups in total. The van der Waals surface area contributed by atoms with Crippen LogP contribution in [0, 0.1) is 12.8 Å². The Morgan fingerprint density at radius 1 is 1.32 bits per heavy atom. The number of hydrogen-bond acceptors (Lipinski definition) is 6. The Kier molecular flexibility index (Phi) is 8.40. The van der Waals surface area contributed by atoms with Crippen LogP contribution in [-0.4, -0.2) is 39.6 Å². The molecule has 8 heteroatoms. The molecular formula is C23H32N4O3S. The van der Waals surface area contributed by atoms with Crippen molar-refractivity contribution in [2.45, 2.75) is 63.9 Å². The van der Waals surface area contributed by atoms with Crippen LogP contribution in [0.25, 0.3) is 0 Å². The van der Waals surface area contributed by atoms with E-state index in [4.69, 9.17) is 9.47 Å². The predicted octanol–water partition coefficient (Wildman–Crippen LogP) is 4.15. The molecule has 1 aromatic heterocycles. The third-order valence-corrected chi connectivity index (χ3v) is 6.54. The van der Waals surface area contributed by atoms with E-state index >= 15 is 0 Å². The number of carbonyl (C=O) groups is 1. The van der Waals surface area contributed by atoms with Crippen LogP contribution in [-0.2, 0) is 17.9 Å². The zero-order valence-corrected chi connectivity index (χ0v) is 19.4. The lowest BCUT2D eigenvalue weighted by molar-refractivity contribution is -0.119. The lowest BCUT2D eigenvalue weighted by Gasteiger charge is -2.29. The molecule has 2 atom stereocenters. The Hall–Kier alpha value is -2.48. The number of allylic oxidation sites excluding steroid dienone is 1. The van der Waals surface area contributed by atoms with E-state index in [9.17, 15) is 4.79 Å². The van der Waals surface area contributed by atoms with Gasteiger partial charge in [-0.15, -0.1) is 16.8 Å². The number of carbonyl (C=O) groups excluding carboxylic acids is 1. The largest absolute Gasteiger partial charge is 0.493 e. The minimum Gasteiger partial charge on any atom is -0.493 e. The first-order chi connectivity index (χ1) is 15.0. The second-order valence-electron chi connectivity index (χ2n) is 7.97. The quantitative estimate of drug-likeness (QED) is 0.438. The topological polar surface area (TPSA) is 78.3 Å². The summed E-state index contributed by atoms with van der Waals surface area (Å²) in [5.41, 5.74) is 1.10. The molecule has 1 amide bonds. The molecule has 0 spiro atoms. The molecule has 7 nitrogen and oxygen atoms in total. The Bertz CT molecular complexity index is 899. The maximum Gasteiger partial charge on any atom is 0.230 e. The maximum atomic E-state index is 12.5. The van der Waals surface area contributed by atoms with Crippen LogP contribution in [0.3, 0.4) is 0 Å². The zero-order chi connectivity index (χ0) is 22.2. The van der Waals surface area contributed by atoms with Crippen molar-refractivity contribution in [3.05, 3.63) is 42.2 Å². The number of benzene rings is 1. The van der Waals surface area contributed by atoms with Crippen molar-refractivity contribution in [3.8, 4) is 11.5 Å². The van der Waals surface area contributed by atoms with Gasteiger partial charge in [0.25, 0.3) is 0 Å². The van der Waals surface area contributed by atoms with Crippen LogP contribution in [0.15, 0.2) is 36.0 Å². The van der Waals surface area contributed by atoms with E-state index in [1.54, 1.807) is 13.2 Å². The summed E-state index contributed by atoms with van der Waals surface area (Å²) < 4.78 is 13.3. The Morgan fingerprint density at radius 2 is 2.13 bits per heavy atom. The Labute approximate surface area is 188 Å². The van der Waals surface area contributed by atoms with Crippen LogP contribution in [0.1, 0.15) is 44.0 Å². The van der Waals surface area contributed by atoms with Gasteiger partial charge >= 0.3 is 0 Å². The van der Waals surface area contributed by atoms with E-state index in [0.29, 0.717) is 40.7 Å². The second kappa shape index (κ2) is 11.2. The molecule has 1 aliphatic carbocycles. The minimum absolute atomic E-state index is 0.0408. The number of thioether (sulfide) groups is 1. The van der Waals surface area contributed by atoms with Gasteiger partial charge in [0.1, 0.15) is 6.61 Å². The summed E-state index contributed by atoms with van der Waals surface area (Å²) in [4.78, 5) is 12.5. The molecule has 168 valence electrons. The van der Waals surface area contributed by atoms with Crippen molar-refractivity contribution in [2.75, 3.05) is 12.9 Å². The fourth-order valence-corrected chi connectivity index (χ4v) is 4.57. The van der Waals surface area contributed by atoms with Crippen LogP contribution in [0.2, 0.25) is 0 Å². The average Bonchev–Trinajstić information content (AvgIpc) is 3.14. The first-order valence-corrected chi connectivity index (χ1v) is 11.7. The number of ether oxygens (including phenoxy) is 2. The zero-order valence-electron chi connectivity index (χ0n) is 18.6. The second-order valence-corrected chi connectivity index (χ2v) is 8.91. The van der Waals surface area contributed by atoms with Gasteiger partial charge in [0.05, 0.1) is 12.9 Å². The lowest BCUT2D eigenvalue weighted by atomic mass is 9.86. The van der Waals surface area contributed by atoms with Gasteiger partial charge in [-0.1, -0.05) is 43.7 Å². The van der Waals surface area contributed by atoms with E-state index in [1.807, 2.05) is 29.7 Å². The number of hydrogen-bond donors (Lipinski definition) is 1. The molecule has 1 saturated carbocycles. The van der Waals surface area contributed by atoms with Gasteiger partial charge in [0.15, 0.2) is 22.5 Å². The smallest absolute Gasteiger partial charge is 0.230 e.